The average Bonchev–Trinajstić information content (AvgIpc) is 2.30. The number of hydrogen-bond donors (Lipinski definition) is 1. The maximum absolute atomic E-state index is 13.3. The number of anilines is 1. The minimum atomic E-state index is -0.244. The highest BCUT2D eigenvalue weighted by Gasteiger charge is 2.22. The van der Waals surface area contributed by atoms with Gasteiger partial charge in [-0.3, -0.25) is 4.90 Å². The van der Waals surface area contributed by atoms with Gasteiger partial charge in [0.25, 0.3) is 0 Å². The summed E-state index contributed by atoms with van der Waals surface area (Å²) in [6, 6.07) is 5.41. The SMILES string of the molecule is CCC1CN(Cc2cc(N)cc(F)c2)CCN1C. The molecule has 2 N–H and O–H groups in total. The number of piperazine rings is 1. The molecule has 1 aliphatic rings. The molecule has 100 valence electrons. The highest BCUT2D eigenvalue weighted by Crippen LogP contribution is 2.16. The predicted molar refractivity (Wildman–Crippen MR) is 72.8 cm³/mol. The first kappa shape index (κ1) is 13.3. The molecular formula is C14H22FN3. The molecule has 0 radical (unpaired) electrons. The third kappa shape index (κ3) is 3.21. The zero-order valence-electron chi connectivity index (χ0n) is 11.2. The van der Waals surface area contributed by atoms with Crippen molar-refractivity contribution in [1.82, 2.24) is 9.80 Å². The van der Waals surface area contributed by atoms with Gasteiger partial charge < -0.3 is 10.6 Å². The van der Waals surface area contributed by atoms with Crippen LogP contribution in [-0.2, 0) is 6.54 Å². The van der Waals surface area contributed by atoms with E-state index < -0.39 is 0 Å². The lowest BCUT2D eigenvalue weighted by atomic mass is 10.1. The van der Waals surface area contributed by atoms with Crippen LogP contribution >= 0.6 is 0 Å². The van der Waals surface area contributed by atoms with E-state index in [1.54, 1.807) is 6.07 Å². The Labute approximate surface area is 108 Å². The highest BCUT2D eigenvalue weighted by molar-refractivity contribution is 5.41. The van der Waals surface area contributed by atoms with E-state index in [-0.39, 0.29) is 5.82 Å². The Morgan fingerprint density at radius 2 is 2.11 bits per heavy atom. The molecule has 1 saturated heterocycles. The van der Waals surface area contributed by atoms with Gasteiger partial charge in [0, 0.05) is 37.9 Å². The summed E-state index contributed by atoms with van der Waals surface area (Å²) in [5.74, 6) is -0.244. The van der Waals surface area contributed by atoms with Gasteiger partial charge in [0.15, 0.2) is 0 Å². The third-order valence-electron chi connectivity index (χ3n) is 3.72. The Bertz CT molecular complexity index is 388. The molecule has 2 rings (SSSR count). The molecule has 0 aromatic heterocycles. The first-order chi connectivity index (χ1) is 8.58. The highest BCUT2D eigenvalue weighted by atomic mass is 19.1. The summed E-state index contributed by atoms with van der Waals surface area (Å²) < 4.78 is 13.3. The maximum atomic E-state index is 13.3. The van der Waals surface area contributed by atoms with E-state index in [1.807, 2.05) is 6.07 Å². The summed E-state index contributed by atoms with van der Waals surface area (Å²) >= 11 is 0. The van der Waals surface area contributed by atoms with Crippen molar-refractivity contribution in [2.75, 3.05) is 32.4 Å². The maximum Gasteiger partial charge on any atom is 0.125 e. The van der Waals surface area contributed by atoms with Gasteiger partial charge in [0.2, 0.25) is 0 Å². The van der Waals surface area contributed by atoms with Gasteiger partial charge in [-0.15, -0.1) is 0 Å². The smallest absolute Gasteiger partial charge is 0.125 e. The van der Waals surface area contributed by atoms with Crippen molar-refractivity contribution in [3.8, 4) is 0 Å². The first-order valence-corrected chi connectivity index (χ1v) is 6.56. The van der Waals surface area contributed by atoms with Crippen LogP contribution in [0.1, 0.15) is 18.9 Å². The van der Waals surface area contributed by atoms with Crippen LogP contribution in [-0.4, -0.2) is 42.5 Å². The average molecular weight is 251 g/mol. The monoisotopic (exact) mass is 251 g/mol. The van der Waals surface area contributed by atoms with Crippen molar-refractivity contribution in [3.63, 3.8) is 0 Å². The zero-order valence-corrected chi connectivity index (χ0v) is 11.2. The number of likely N-dealkylation sites (N-methyl/N-ethyl adjacent to an activating group) is 1. The second kappa shape index (κ2) is 5.67. The zero-order chi connectivity index (χ0) is 13.1. The lowest BCUT2D eigenvalue weighted by Gasteiger charge is -2.39. The minimum absolute atomic E-state index is 0.244. The van der Waals surface area contributed by atoms with E-state index in [9.17, 15) is 4.39 Å². The Morgan fingerprint density at radius 1 is 1.33 bits per heavy atom. The van der Waals surface area contributed by atoms with E-state index in [1.165, 1.54) is 6.07 Å². The predicted octanol–water partition coefficient (Wildman–Crippen LogP) is 1.93. The molecule has 1 aliphatic heterocycles. The summed E-state index contributed by atoms with van der Waals surface area (Å²) in [5, 5.41) is 0. The third-order valence-corrected chi connectivity index (χ3v) is 3.72. The standard InChI is InChI=1S/C14H22FN3/c1-3-14-10-18(5-4-17(14)2)9-11-6-12(15)8-13(16)7-11/h6-8,14H,3-5,9-10,16H2,1-2H3. The van der Waals surface area contributed by atoms with E-state index in [0.717, 1.165) is 38.2 Å². The van der Waals surface area contributed by atoms with E-state index >= 15 is 0 Å². The van der Waals surface area contributed by atoms with Crippen LogP contribution in [0.3, 0.4) is 0 Å². The van der Waals surface area contributed by atoms with Crippen LogP contribution in [0, 0.1) is 5.82 Å². The van der Waals surface area contributed by atoms with Gasteiger partial charge in [-0.25, -0.2) is 4.39 Å². The number of nitrogens with two attached hydrogens (primary N) is 1. The van der Waals surface area contributed by atoms with Crippen LogP contribution < -0.4 is 5.73 Å². The Hall–Kier alpha value is -1.13. The molecule has 18 heavy (non-hydrogen) atoms. The summed E-state index contributed by atoms with van der Waals surface area (Å²) in [4.78, 5) is 4.78. The topological polar surface area (TPSA) is 32.5 Å². The number of nitrogens with zero attached hydrogens (tertiary/aromatic N) is 2. The van der Waals surface area contributed by atoms with Gasteiger partial charge >= 0.3 is 0 Å². The molecule has 1 fully saturated rings. The molecule has 1 aromatic carbocycles. The van der Waals surface area contributed by atoms with Crippen LogP contribution in [0.15, 0.2) is 18.2 Å². The van der Waals surface area contributed by atoms with E-state index in [4.69, 9.17) is 5.73 Å². The number of benzene rings is 1. The molecule has 1 aromatic rings. The van der Waals surface area contributed by atoms with Crippen LogP contribution in [0.5, 0.6) is 0 Å². The second-order valence-electron chi connectivity index (χ2n) is 5.17. The van der Waals surface area contributed by atoms with Crippen LogP contribution in [0.4, 0.5) is 10.1 Å². The molecule has 4 heteroatoms. The fourth-order valence-electron chi connectivity index (χ4n) is 2.62. The van der Waals surface area contributed by atoms with Gasteiger partial charge in [-0.1, -0.05) is 6.92 Å². The second-order valence-corrected chi connectivity index (χ2v) is 5.17. The summed E-state index contributed by atoms with van der Waals surface area (Å²) in [7, 11) is 2.17. The van der Waals surface area contributed by atoms with Crippen molar-refractivity contribution in [3.05, 3.63) is 29.6 Å². The molecule has 0 spiro atoms. The van der Waals surface area contributed by atoms with Crippen LogP contribution in [0.25, 0.3) is 0 Å². The van der Waals surface area contributed by atoms with Crippen molar-refractivity contribution in [2.45, 2.75) is 25.9 Å². The molecule has 0 aliphatic carbocycles. The molecule has 0 bridgehead atoms. The molecule has 0 amide bonds. The fourth-order valence-corrected chi connectivity index (χ4v) is 2.62. The number of halogens is 1. The lowest BCUT2D eigenvalue weighted by Crippen LogP contribution is -2.50. The summed E-state index contributed by atoms with van der Waals surface area (Å²) in [6.07, 6.45) is 1.15. The number of nitrogen functional groups attached to an aromatic ring is 1. The quantitative estimate of drug-likeness (QED) is 0.833. The Balaban J connectivity index is 2.01. The number of hydrogen-bond acceptors (Lipinski definition) is 3. The molecule has 0 saturated carbocycles. The summed E-state index contributed by atoms with van der Waals surface area (Å²) in [6.45, 7) is 6.15. The van der Waals surface area contributed by atoms with Crippen molar-refractivity contribution >= 4 is 5.69 Å². The van der Waals surface area contributed by atoms with E-state index in [0.29, 0.717) is 11.7 Å². The molecule has 1 atom stereocenters. The minimum Gasteiger partial charge on any atom is -0.399 e. The lowest BCUT2D eigenvalue weighted by molar-refractivity contribution is 0.0883. The summed E-state index contributed by atoms with van der Waals surface area (Å²) in [5.41, 5.74) is 7.14. The van der Waals surface area contributed by atoms with Crippen LogP contribution in [0.2, 0.25) is 0 Å². The molecule has 1 heterocycles. The van der Waals surface area contributed by atoms with Crippen molar-refractivity contribution in [2.24, 2.45) is 0 Å². The fraction of sp³-hybridized carbons (Fsp3) is 0.571. The molecule has 1 unspecified atom stereocenters. The van der Waals surface area contributed by atoms with Gasteiger partial charge in [0.05, 0.1) is 0 Å². The first-order valence-electron chi connectivity index (χ1n) is 6.56. The van der Waals surface area contributed by atoms with Gasteiger partial charge in [-0.05, 0) is 37.2 Å². The number of rotatable bonds is 3. The Morgan fingerprint density at radius 3 is 2.78 bits per heavy atom. The van der Waals surface area contributed by atoms with E-state index in [2.05, 4.69) is 23.8 Å². The Kier molecular flexibility index (Phi) is 4.19. The van der Waals surface area contributed by atoms with Gasteiger partial charge in [0.1, 0.15) is 5.82 Å². The largest absolute Gasteiger partial charge is 0.399 e. The van der Waals surface area contributed by atoms with Crippen molar-refractivity contribution < 1.29 is 4.39 Å². The normalized spacial score (nSPS) is 22.3. The van der Waals surface area contributed by atoms with Crippen molar-refractivity contribution in [1.29, 1.82) is 0 Å². The van der Waals surface area contributed by atoms with Gasteiger partial charge in [-0.2, -0.15) is 0 Å². The molecule has 3 nitrogen and oxygen atoms in total. The molecular weight excluding hydrogens is 229 g/mol.